The summed E-state index contributed by atoms with van der Waals surface area (Å²) in [5.41, 5.74) is 4.76. The Bertz CT molecular complexity index is 210. The number of amides is 2. The van der Waals surface area contributed by atoms with Crippen LogP contribution in [-0.4, -0.2) is 27.9 Å². The molecule has 0 aliphatic heterocycles. The van der Waals surface area contributed by atoms with Gasteiger partial charge in [-0.1, -0.05) is 6.58 Å². The molecule has 1 heterocycles. The summed E-state index contributed by atoms with van der Waals surface area (Å²) in [6, 6.07) is -0.491. The van der Waals surface area contributed by atoms with Crippen molar-refractivity contribution in [3.8, 4) is 0 Å². The van der Waals surface area contributed by atoms with Crippen molar-refractivity contribution in [2.24, 2.45) is 5.73 Å². The molecule has 82 valence electrons. The Labute approximate surface area is 95.2 Å². The zero-order chi connectivity index (χ0) is 9.40. The Hall–Kier alpha value is -1.20. The van der Waals surface area contributed by atoms with Crippen molar-refractivity contribution >= 4 is 30.8 Å². The number of nitrogens with two attached hydrogens (primary N) is 1. The predicted octanol–water partition coefficient (Wildman–Crippen LogP) is 1.39. The Kier molecular flexibility index (Phi) is 15.6. The Morgan fingerprint density at radius 3 is 2.29 bits per heavy atom. The van der Waals surface area contributed by atoms with Gasteiger partial charge in [-0.2, -0.15) is 0 Å². The maximum Gasteiger partial charge on any atom is 0.318 e. The van der Waals surface area contributed by atoms with Crippen molar-refractivity contribution in [2.75, 3.05) is 7.05 Å². The maximum atomic E-state index is 10.0. The lowest BCUT2D eigenvalue weighted by Crippen LogP contribution is -2.26. The molecule has 0 saturated carbocycles. The molecule has 2 amide bonds. The molecule has 0 atom stereocenters. The average molecular weight is 241 g/mol. The molecule has 0 aliphatic rings. The van der Waals surface area contributed by atoms with Crippen LogP contribution in [-0.2, 0) is 0 Å². The molecular weight excluding hydrogens is 227 g/mol. The van der Waals surface area contributed by atoms with Gasteiger partial charge in [0.05, 0.1) is 6.33 Å². The first kappa shape index (κ1) is 18.6. The van der Waals surface area contributed by atoms with Crippen LogP contribution in [0.3, 0.4) is 0 Å². The molecule has 0 saturated heterocycles. The van der Waals surface area contributed by atoms with Gasteiger partial charge >= 0.3 is 6.03 Å². The number of aromatic nitrogens is 2. The highest BCUT2D eigenvalue weighted by Crippen LogP contribution is 1.76. The number of hydrogen-bond donors (Lipinski definition) is 2. The summed E-state index contributed by atoms with van der Waals surface area (Å²) in [5.74, 6) is 0. The molecule has 5 nitrogen and oxygen atoms in total. The van der Waals surface area contributed by atoms with E-state index in [9.17, 15) is 4.79 Å². The monoisotopic (exact) mass is 240 g/mol. The third kappa shape index (κ3) is 10.8. The molecule has 0 fully saturated rings. The number of primary amides is 1. The Morgan fingerprint density at radius 1 is 1.64 bits per heavy atom. The van der Waals surface area contributed by atoms with Gasteiger partial charge in [0, 0.05) is 25.6 Å². The van der Waals surface area contributed by atoms with Gasteiger partial charge in [0.25, 0.3) is 0 Å². The van der Waals surface area contributed by atoms with E-state index in [4.69, 9.17) is 5.73 Å². The van der Waals surface area contributed by atoms with Crippen LogP contribution in [0.15, 0.2) is 31.5 Å². The molecule has 0 unspecified atom stereocenters. The summed E-state index contributed by atoms with van der Waals surface area (Å²) in [6.45, 7) is 3.31. The number of nitrogens with one attached hydrogen (secondary N) is 1. The molecule has 0 aromatic carbocycles. The van der Waals surface area contributed by atoms with Crippen molar-refractivity contribution in [1.29, 1.82) is 0 Å². The van der Waals surface area contributed by atoms with Gasteiger partial charge in [0.2, 0.25) is 0 Å². The van der Waals surface area contributed by atoms with Gasteiger partial charge in [-0.05, 0) is 0 Å². The van der Waals surface area contributed by atoms with E-state index >= 15 is 0 Å². The quantitative estimate of drug-likeness (QED) is 0.779. The van der Waals surface area contributed by atoms with E-state index in [-0.39, 0.29) is 24.8 Å². The number of rotatable bonds is 1. The first-order valence-electron chi connectivity index (χ1n) is 3.26. The van der Waals surface area contributed by atoms with Gasteiger partial charge in [-0.15, -0.1) is 24.8 Å². The van der Waals surface area contributed by atoms with Gasteiger partial charge in [-0.25, -0.2) is 9.78 Å². The third-order valence-electron chi connectivity index (χ3n) is 1.03. The number of nitrogens with zero attached hydrogens (tertiary/aromatic N) is 2. The zero-order valence-electron chi connectivity index (χ0n) is 7.71. The molecule has 1 aromatic heterocycles. The first-order chi connectivity index (χ1) is 5.68. The number of imidazole rings is 1. The topological polar surface area (TPSA) is 75.0 Å². The van der Waals surface area contributed by atoms with Gasteiger partial charge in [0.15, 0.2) is 0 Å². The van der Waals surface area contributed by atoms with Crippen molar-refractivity contribution in [3.05, 3.63) is 31.5 Å². The fourth-order valence-corrected chi connectivity index (χ4v) is 0.305. The molecular formula is C7H14Cl2N4O. The number of urea groups is 1. The number of H-pyrrole nitrogens is 1. The number of carbonyl (C=O) groups is 1. The lowest BCUT2D eigenvalue weighted by Gasteiger charge is -2.03. The molecule has 7 heteroatoms. The van der Waals surface area contributed by atoms with E-state index in [1.54, 1.807) is 18.7 Å². The molecule has 3 N–H and O–H groups in total. The van der Waals surface area contributed by atoms with Crippen LogP contribution in [0.5, 0.6) is 0 Å². The van der Waals surface area contributed by atoms with Crippen LogP contribution in [0.2, 0.25) is 0 Å². The van der Waals surface area contributed by atoms with E-state index in [0.717, 1.165) is 0 Å². The minimum atomic E-state index is -0.491. The summed E-state index contributed by atoms with van der Waals surface area (Å²) >= 11 is 0. The SMILES string of the molecule is C=CN(C)C(N)=O.Cl.Cl.c1c[nH]cn1. The summed E-state index contributed by atoms with van der Waals surface area (Å²) in [4.78, 5) is 17.6. The number of carbonyl (C=O) groups excluding carboxylic acids is 1. The highest BCUT2D eigenvalue weighted by molar-refractivity contribution is 5.85. The normalized spacial score (nSPS) is 6.64. The van der Waals surface area contributed by atoms with Crippen LogP contribution in [0.25, 0.3) is 0 Å². The van der Waals surface area contributed by atoms with Crippen LogP contribution in [0.4, 0.5) is 4.79 Å². The van der Waals surface area contributed by atoms with Gasteiger partial charge in [-0.3, -0.25) is 0 Å². The minimum Gasteiger partial charge on any atom is -0.351 e. The molecule has 0 bridgehead atoms. The first-order valence-corrected chi connectivity index (χ1v) is 3.26. The lowest BCUT2D eigenvalue weighted by atomic mass is 10.8. The minimum absolute atomic E-state index is 0. The fraction of sp³-hybridized carbons (Fsp3) is 0.143. The highest BCUT2D eigenvalue weighted by atomic mass is 35.5. The van der Waals surface area contributed by atoms with Crippen LogP contribution >= 0.6 is 24.8 Å². The molecule has 1 rings (SSSR count). The standard InChI is InChI=1S/C4H8N2O.C3H4N2.2ClH/c1-3-6(2)4(5)7;1-2-5-3-4-1;;/h3H,1H2,2H3,(H2,5,7);1-3H,(H,4,5);2*1H. The Balaban J connectivity index is -0.000000155. The van der Waals surface area contributed by atoms with Gasteiger partial charge < -0.3 is 15.6 Å². The second-order valence-corrected chi connectivity index (χ2v) is 1.89. The highest BCUT2D eigenvalue weighted by Gasteiger charge is 1.91. The van der Waals surface area contributed by atoms with Crippen molar-refractivity contribution in [2.45, 2.75) is 0 Å². The van der Waals surface area contributed by atoms with E-state index in [1.807, 2.05) is 0 Å². The van der Waals surface area contributed by atoms with Crippen molar-refractivity contribution in [1.82, 2.24) is 14.9 Å². The number of aromatic amines is 1. The van der Waals surface area contributed by atoms with E-state index in [1.165, 1.54) is 18.1 Å². The third-order valence-corrected chi connectivity index (χ3v) is 1.03. The van der Waals surface area contributed by atoms with E-state index in [2.05, 4.69) is 16.5 Å². The lowest BCUT2D eigenvalue weighted by molar-refractivity contribution is 0.231. The summed E-state index contributed by atoms with van der Waals surface area (Å²) < 4.78 is 0. The average Bonchev–Trinajstić information content (AvgIpc) is 2.59. The van der Waals surface area contributed by atoms with Crippen molar-refractivity contribution < 1.29 is 4.79 Å². The van der Waals surface area contributed by atoms with Crippen LogP contribution < -0.4 is 5.73 Å². The largest absolute Gasteiger partial charge is 0.351 e. The molecule has 0 aliphatic carbocycles. The number of hydrogen-bond acceptors (Lipinski definition) is 2. The van der Waals surface area contributed by atoms with Gasteiger partial charge in [0.1, 0.15) is 0 Å². The van der Waals surface area contributed by atoms with Crippen molar-refractivity contribution in [3.63, 3.8) is 0 Å². The molecule has 1 aromatic rings. The zero-order valence-corrected chi connectivity index (χ0v) is 9.35. The summed E-state index contributed by atoms with van der Waals surface area (Å²) in [5, 5.41) is 0. The Morgan fingerprint density at radius 2 is 2.21 bits per heavy atom. The summed E-state index contributed by atoms with van der Waals surface area (Å²) in [7, 11) is 1.54. The van der Waals surface area contributed by atoms with Crippen LogP contribution in [0, 0.1) is 0 Å². The predicted molar refractivity (Wildman–Crippen MR) is 60.6 cm³/mol. The second-order valence-electron chi connectivity index (χ2n) is 1.89. The number of halogens is 2. The molecule has 14 heavy (non-hydrogen) atoms. The fourth-order valence-electron chi connectivity index (χ4n) is 0.305. The maximum absolute atomic E-state index is 10.0. The summed E-state index contributed by atoms with van der Waals surface area (Å²) in [6.07, 6.45) is 6.43. The van der Waals surface area contributed by atoms with E-state index < -0.39 is 6.03 Å². The smallest absolute Gasteiger partial charge is 0.318 e. The molecule has 0 radical (unpaired) electrons. The van der Waals surface area contributed by atoms with E-state index in [0.29, 0.717) is 0 Å². The van der Waals surface area contributed by atoms with Crippen LogP contribution in [0.1, 0.15) is 0 Å². The second kappa shape index (κ2) is 11.8. The molecule has 0 spiro atoms.